The van der Waals surface area contributed by atoms with Crippen molar-refractivity contribution in [3.63, 3.8) is 0 Å². The third-order valence-corrected chi connectivity index (χ3v) is 4.65. The molecule has 1 saturated heterocycles. The molecule has 0 bridgehead atoms. The smallest absolute Gasteiger partial charge is 0.123 e. The largest absolute Gasteiger partial charge is 0.299 e. The van der Waals surface area contributed by atoms with Gasteiger partial charge in [0.2, 0.25) is 0 Å². The Kier molecular flexibility index (Phi) is 6.97. The number of likely N-dealkylation sites (tertiary alicyclic amines) is 1. The molecule has 0 saturated carbocycles. The van der Waals surface area contributed by atoms with Crippen LogP contribution in [0.15, 0.2) is 84.9 Å². The van der Waals surface area contributed by atoms with Crippen LogP contribution in [0.1, 0.15) is 24.8 Å². The first-order valence-corrected chi connectivity index (χ1v) is 9.38. The Balaban J connectivity index is 0.000000151. The summed E-state index contributed by atoms with van der Waals surface area (Å²) >= 11 is 0. The fraction of sp³-hybridized carbons (Fsp3) is 0.250. The van der Waals surface area contributed by atoms with Gasteiger partial charge in [0.15, 0.2) is 0 Å². The molecular weight excluding hydrogens is 321 g/mol. The summed E-state index contributed by atoms with van der Waals surface area (Å²) in [5.74, 6) is -0.195. The molecule has 1 fully saturated rings. The van der Waals surface area contributed by atoms with Crippen LogP contribution in [0.25, 0.3) is 11.1 Å². The summed E-state index contributed by atoms with van der Waals surface area (Å²) in [6.45, 7) is 3.71. The van der Waals surface area contributed by atoms with Gasteiger partial charge in [-0.15, -0.1) is 0 Å². The minimum absolute atomic E-state index is 0.195. The first-order valence-electron chi connectivity index (χ1n) is 9.38. The van der Waals surface area contributed by atoms with E-state index < -0.39 is 0 Å². The van der Waals surface area contributed by atoms with Crippen molar-refractivity contribution in [3.05, 3.63) is 96.3 Å². The standard InChI is InChI=1S/C12H9F.C12H17N/c13-12-8-6-11(7-9-12)10-4-2-1-3-5-10;1-3-7-12(8-4-1)11-13-9-5-2-6-10-13/h1-9H;1,3-4,7-8H,2,5-6,9-11H2. The SMILES string of the molecule is Fc1ccc(-c2ccccc2)cc1.c1ccc(CN2CCCCC2)cc1. The van der Waals surface area contributed by atoms with E-state index in [4.69, 9.17) is 0 Å². The molecule has 1 aliphatic heterocycles. The number of hydrogen-bond donors (Lipinski definition) is 0. The van der Waals surface area contributed by atoms with Crippen molar-refractivity contribution in [3.8, 4) is 11.1 Å². The zero-order valence-electron chi connectivity index (χ0n) is 15.2. The molecule has 0 radical (unpaired) electrons. The molecule has 0 unspecified atom stereocenters. The Labute approximate surface area is 156 Å². The van der Waals surface area contributed by atoms with Crippen LogP contribution in [-0.2, 0) is 6.54 Å². The van der Waals surface area contributed by atoms with Crippen LogP contribution in [0.2, 0.25) is 0 Å². The molecule has 0 N–H and O–H groups in total. The van der Waals surface area contributed by atoms with Gasteiger partial charge in [0, 0.05) is 6.54 Å². The van der Waals surface area contributed by atoms with Crippen LogP contribution < -0.4 is 0 Å². The molecule has 3 aromatic rings. The number of nitrogens with zero attached hydrogens (tertiary/aromatic N) is 1. The zero-order chi connectivity index (χ0) is 18.0. The van der Waals surface area contributed by atoms with Gasteiger partial charge in [0.1, 0.15) is 5.82 Å². The highest BCUT2D eigenvalue weighted by Crippen LogP contribution is 2.18. The number of benzene rings is 3. The van der Waals surface area contributed by atoms with Crippen LogP contribution >= 0.6 is 0 Å². The van der Waals surface area contributed by atoms with Crippen molar-refractivity contribution in [1.29, 1.82) is 0 Å². The van der Waals surface area contributed by atoms with Crippen LogP contribution in [0, 0.1) is 5.82 Å². The summed E-state index contributed by atoms with van der Waals surface area (Å²) in [5.41, 5.74) is 3.61. The second-order valence-corrected chi connectivity index (χ2v) is 6.70. The van der Waals surface area contributed by atoms with Gasteiger partial charge in [0.25, 0.3) is 0 Å². The van der Waals surface area contributed by atoms with E-state index in [1.807, 2.05) is 30.3 Å². The fourth-order valence-electron chi connectivity index (χ4n) is 3.23. The highest BCUT2D eigenvalue weighted by atomic mass is 19.1. The number of hydrogen-bond acceptors (Lipinski definition) is 1. The molecule has 1 nitrogen and oxygen atoms in total. The number of halogens is 1. The molecule has 1 heterocycles. The fourth-order valence-corrected chi connectivity index (χ4v) is 3.23. The van der Waals surface area contributed by atoms with Crippen LogP contribution in [-0.4, -0.2) is 18.0 Å². The van der Waals surface area contributed by atoms with E-state index in [0.717, 1.165) is 17.7 Å². The summed E-state index contributed by atoms with van der Waals surface area (Å²) in [4.78, 5) is 2.55. The lowest BCUT2D eigenvalue weighted by atomic mass is 10.1. The second-order valence-electron chi connectivity index (χ2n) is 6.70. The molecular formula is C24H26FN. The molecule has 0 aromatic heterocycles. The van der Waals surface area contributed by atoms with Crippen LogP contribution in [0.5, 0.6) is 0 Å². The van der Waals surface area contributed by atoms with E-state index in [-0.39, 0.29) is 5.82 Å². The van der Waals surface area contributed by atoms with Gasteiger partial charge in [-0.05, 0) is 54.8 Å². The molecule has 1 aliphatic rings. The van der Waals surface area contributed by atoms with Crippen LogP contribution in [0.4, 0.5) is 4.39 Å². The summed E-state index contributed by atoms with van der Waals surface area (Å²) in [7, 11) is 0. The highest BCUT2D eigenvalue weighted by Gasteiger charge is 2.09. The summed E-state index contributed by atoms with van der Waals surface area (Å²) in [6.07, 6.45) is 4.19. The lowest BCUT2D eigenvalue weighted by Crippen LogP contribution is -2.28. The molecule has 26 heavy (non-hydrogen) atoms. The minimum Gasteiger partial charge on any atom is -0.299 e. The molecule has 4 rings (SSSR count). The van der Waals surface area contributed by atoms with E-state index in [2.05, 4.69) is 35.2 Å². The maximum Gasteiger partial charge on any atom is 0.123 e. The van der Waals surface area contributed by atoms with Gasteiger partial charge >= 0.3 is 0 Å². The number of piperidine rings is 1. The summed E-state index contributed by atoms with van der Waals surface area (Å²) in [6, 6.07) is 27.2. The van der Waals surface area contributed by atoms with Crippen molar-refractivity contribution in [2.45, 2.75) is 25.8 Å². The second kappa shape index (κ2) is 9.88. The maximum absolute atomic E-state index is 12.6. The van der Waals surface area contributed by atoms with E-state index >= 15 is 0 Å². The molecule has 0 amide bonds. The molecule has 134 valence electrons. The maximum atomic E-state index is 12.6. The Morgan fingerprint density at radius 3 is 1.77 bits per heavy atom. The molecule has 0 atom stereocenters. The molecule has 0 spiro atoms. The Bertz CT molecular complexity index is 747. The van der Waals surface area contributed by atoms with Crippen molar-refractivity contribution >= 4 is 0 Å². The molecule has 0 aliphatic carbocycles. The highest BCUT2D eigenvalue weighted by molar-refractivity contribution is 5.62. The monoisotopic (exact) mass is 347 g/mol. The van der Waals surface area contributed by atoms with Crippen LogP contribution in [0.3, 0.4) is 0 Å². The van der Waals surface area contributed by atoms with Crippen molar-refractivity contribution in [2.75, 3.05) is 13.1 Å². The lowest BCUT2D eigenvalue weighted by Gasteiger charge is -2.26. The predicted octanol–water partition coefficient (Wildman–Crippen LogP) is 6.17. The first kappa shape index (κ1) is 18.3. The Morgan fingerprint density at radius 1 is 0.615 bits per heavy atom. The minimum atomic E-state index is -0.195. The van der Waals surface area contributed by atoms with Crippen molar-refractivity contribution in [1.82, 2.24) is 4.90 Å². The van der Waals surface area contributed by atoms with Gasteiger partial charge in [-0.2, -0.15) is 0 Å². The summed E-state index contributed by atoms with van der Waals surface area (Å²) < 4.78 is 12.6. The quantitative estimate of drug-likeness (QED) is 0.548. The Morgan fingerprint density at radius 2 is 1.15 bits per heavy atom. The topological polar surface area (TPSA) is 3.24 Å². The van der Waals surface area contributed by atoms with E-state index in [0.29, 0.717) is 0 Å². The average molecular weight is 347 g/mol. The van der Waals surface area contributed by atoms with E-state index in [1.54, 1.807) is 12.1 Å². The zero-order valence-corrected chi connectivity index (χ0v) is 15.2. The average Bonchev–Trinajstić information content (AvgIpc) is 2.71. The lowest BCUT2D eigenvalue weighted by molar-refractivity contribution is 0.221. The third kappa shape index (κ3) is 5.82. The predicted molar refractivity (Wildman–Crippen MR) is 107 cm³/mol. The van der Waals surface area contributed by atoms with Crippen molar-refractivity contribution < 1.29 is 4.39 Å². The van der Waals surface area contributed by atoms with E-state index in [9.17, 15) is 4.39 Å². The normalized spacial score (nSPS) is 14.3. The van der Waals surface area contributed by atoms with Gasteiger partial charge < -0.3 is 0 Å². The Hall–Kier alpha value is -2.45. The first-order chi connectivity index (χ1) is 12.8. The van der Waals surface area contributed by atoms with Gasteiger partial charge in [-0.1, -0.05) is 79.2 Å². The summed E-state index contributed by atoms with van der Waals surface area (Å²) in [5, 5.41) is 0. The van der Waals surface area contributed by atoms with E-state index in [1.165, 1.54) is 50.0 Å². The van der Waals surface area contributed by atoms with Gasteiger partial charge in [-0.25, -0.2) is 4.39 Å². The van der Waals surface area contributed by atoms with Crippen molar-refractivity contribution in [2.24, 2.45) is 0 Å². The van der Waals surface area contributed by atoms with Gasteiger partial charge in [-0.3, -0.25) is 4.90 Å². The molecule has 2 heteroatoms. The molecule has 3 aromatic carbocycles. The number of rotatable bonds is 3. The van der Waals surface area contributed by atoms with Gasteiger partial charge in [0.05, 0.1) is 0 Å². The third-order valence-electron chi connectivity index (χ3n) is 4.65.